The van der Waals surface area contributed by atoms with Crippen LogP contribution in [-0.2, 0) is 0 Å². The number of nitrogens with zero attached hydrogens (tertiary/aromatic N) is 1. The van der Waals surface area contributed by atoms with Gasteiger partial charge >= 0.3 is 0 Å². The van der Waals surface area contributed by atoms with Crippen LogP contribution in [0.25, 0.3) is 10.6 Å². The molecule has 2 rings (SSSR count). The Bertz CT molecular complexity index is 440. The van der Waals surface area contributed by atoms with E-state index in [4.69, 9.17) is 5.73 Å². The molecule has 0 radical (unpaired) electrons. The van der Waals surface area contributed by atoms with E-state index < -0.39 is 0 Å². The number of anilines is 1. The molecule has 0 bridgehead atoms. The minimum atomic E-state index is 0.805. The second kappa shape index (κ2) is 4.24. The molecule has 0 saturated heterocycles. The molecule has 0 aliphatic heterocycles. The molecule has 2 aromatic rings. The SMILES string of the molecule is CSc1ccc(-c2nc(C)c(N)s2)cc1. The van der Waals surface area contributed by atoms with Crippen LogP contribution < -0.4 is 5.73 Å². The molecule has 1 aromatic carbocycles. The molecule has 0 spiro atoms. The molecule has 78 valence electrons. The lowest BCUT2D eigenvalue weighted by atomic mass is 10.2. The molecule has 15 heavy (non-hydrogen) atoms. The zero-order valence-corrected chi connectivity index (χ0v) is 10.3. The Hall–Kier alpha value is -1.00. The standard InChI is InChI=1S/C11H12N2S2/c1-7-10(12)15-11(13-7)8-3-5-9(14-2)6-4-8/h3-6H,12H2,1-2H3. The minimum Gasteiger partial charge on any atom is -0.389 e. The van der Waals surface area contributed by atoms with Crippen LogP contribution in [0, 0.1) is 6.92 Å². The van der Waals surface area contributed by atoms with E-state index in [1.54, 1.807) is 23.1 Å². The zero-order chi connectivity index (χ0) is 10.8. The smallest absolute Gasteiger partial charge is 0.125 e. The first-order chi connectivity index (χ1) is 7.20. The lowest BCUT2D eigenvalue weighted by molar-refractivity contribution is 1.27. The van der Waals surface area contributed by atoms with Crippen LogP contribution in [-0.4, -0.2) is 11.2 Å². The average Bonchev–Trinajstić information content (AvgIpc) is 2.59. The number of thiazole rings is 1. The Kier molecular flexibility index (Phi) is 2.98. The van der Waals surface area contributed by atoms with Gasteiger partial charge in [0.05, 0.1) is 5.69 Å². The quantitative estimate of drug-likeness (QED) is 0.812. The van der Waals surface area contributed by atoms with Gasteiger partial charge in [-0.25, -0.2) is 4.98 Å². The van der Waals surface area contributed by atoms with Gasteiger partial charge in [-0.2, -0.15) is 0 Å². The lowest BCUT2D eigenvalue weighted by Crippen LogP contribution is -1.81. The highest BCUT2D eigenvalue weighted by molar-refractivity contribution is 7.98. The third-order valence-electron chi connectivity index (χ3n) is 2.17. The van der Waals surface area contributed by atoms with Gasteiger partial charge in [-0.05, 0) is 25.3 Å². The fourth-order valence-electron chi connectivity index (χ4n) is 1.27. The van der Waals surface area contributed by atoms with Crippen LogP contribution >= 0.6 is 23.1 Å². The first-order valence-corrected chi connectivity index (χ1v) is 6.62. The second-order valence-corrected chi connectivity index (χ2v) is 5.11. The van der Waals surface area contributed by atoms with Crippen LogP contribution in [0.4, 0.5) is 5.00 Å². The maximum absolute atomic E-state index is 5.79. The van der Waals surface area contributed by atoms with Crippen molar-refractivity contribution in [2.45, 2.75) is 11.8 Å². The summed E-state index contributed by atoms with van der Waals surface area (Å²) in [5, 5.41) is 1.80. The maximum Gasteiger partial charge on any atom is 0.125 e. The van der Waals surface area contributed by atoms with Crippen molar-refractivity contribution < 1.29 is 0 Å². The summed E-state index contributed by atoms with van der Waals surface area (Å²) in [4.78, 5) is 5.69. The molecule has 0 fully saturated rings. The van der Waals surface area contributed by atoms with E-state index in [-0.39, 0.29) is 0 Å². The highest BCUT2D eigenvalue weighted by Gasteiger charge is 2.06. The van der Waals surface area contributed by atoms with E-state index in [1.807, 2.05) is 6.92 Å². The summed E-state index contributed by atoms with van der Waals surface area (Å²) in [6.45, 7) is 1.94. The monoisotopic (exact) mass is 236 g/mol. The molecule has 1 heterocycles. The van der Waals surface area contributed by atoms with Crippen LogP contribution in [0.15, 0.2) is 29.2 Å². The number of hydrogen-bond donors (Lipinski definition) is 1. The van der Waals surface area contributed by atoms with Gasteiger partial charge in [0.25, 0.3) is 0 Å². The van der Waals surface area contributed by atoms with Gasteiger partial charge in [0.1, 0.15) is 10.0 Å². The molecule has 0 saturated carbocycles. The van der Waals surface area contributed by atoms with Crippen molar-refractivity contribution in [3.8, 4) is 10.6 Å². The lowest BCUT2D eigenvalue weighted by Gasteiger charge is -1.98. The molecular formula is C11H12N2S2. The summed E-state index contributed by atoms with van der Waals surface area (Å²) in [5.74, 6) is 0. The molecule has 0 aliphatic rings. The fraction of sp³-hybridized carbons (Fsp3) is 0.182. The summed E-state index contributed by atoms with van der Waals surface area (Å²) in [6, 6.07) is 8.38. The Morgan fingerprint density at radius 1 is 1.27 bits per heavy atom. The third-order valence-corrected chi connectivity index (χ3v) is 3.95. The number of nitrogens with two attached hydrogens (primary N) is 1. The van der Waals surface area contributed by atoms with Gasteiger partial charge in [-0.1, -0.05) is 23.5 Å². The summed E-state index contributed by atoms with van der Waals surface area (Å²) in [5.41, 5.74) is 7.84. The number of aromatic nitrogens is 1. The van der Waals surface area contributed by atoms with E-state index in [2.05, 4.69) is 35.5 Å². The predicted molar refractivity (Wildman–Crippen MR) is 68.5 cm³/mol. The van der Waals surface area contributed by atoms with Crippen molar-refractivity contribution in [3.05, 3.63) is 30.0 Å². The molecule has 0 atom stereocenters. The molecule has 1 aromatic heterocycles. The van der Waals surface area contributed by atoms with E-state index in [0.29, 0.717) is 0 Å². The van der Waals surface area contributed by atoms with Gasteiger partial charge < -0.3 is 5.73 Å². The molecule has 0 aliphatic carbocycles. The molecule has 4 heteroatoms. The van der Waals surface area contributed by atoms with Gasteiger partial charge in [-0.3, -0.25) is 0 Å². The maximum atomic E-state index is 5.79. The zero-order valence-electron chi connectivity index (χ0n) is 8.65. The molecule has 2 nitrogen and oxygen atoms in total. The Labute approximate surface area is 97.5 Å². The van der Waals surface area contributed by atoms with Gasteiger partial charge in [0.15, 0.2) is 0 Å². The van der Waals surface area contributed by atoms with Crippen molar-refractivity contribution in [1.82, 2.24) is 4.98 Å². The van der Waals surface area contributed by atoms with Gasteiger partial charge in [-0.15, -0.1) is 11.8 Å². The van der Waals surface area contributed by atoms with Crippen LogP contribution in [0.5, 0.6) is 0 Å². The number of hydrogen-bond acceptors (Lipinski definition) is 4. The first-order valence-electron chi connectivity index (χ1n) is 4.58. The topological polar surface area (TPSA) is 38.9 Å². The van der Waals surface area contributed by atoms with Crippen LogP contribution in [0.2, 0.25) is 0 Å². The Morgan fingerprint density at radius 2 is 1.93 bits per heavy atom. The van der Waals surface area contributed by atoms with E-state index in [9.17, 15) is 0 Å². The summed E-state index contributed by atoms with van der Waals surface area (Å²) in [7, 11) is 0. The number of aryl methyl sites for hydroxylation is 1. The number of thioether (sulfide) groups is 1. The van der Waals surface area contributed by atoms with Crippen molar-refractivity contribution in [2.24, 2.45) is 0 Å². The van der Waals surface area contributed by atoms with E-state index in [0.717, 1.165) is 21.3 Å². The van der Waals surface area contributed by atoms with Crippen molar-refractivity contribution in [3.63, 3.8) is 0 Å². The highest BCUT2D eigenvalue weighted by atomic mass is 32.2. The number of rotatable bonds is 2. The largest absolute Gasteiger partial charge is 0.389 e. The Morgan fingerprint density at radius 3 is 2.40 bits per heavy atom. The molecule has 0 unspecified atom stereocenters. The van der Waals surface area contributed by atoms with Crippen LogP contribution in [0.3, 0.4) is 0 Å². The van der Waals surface area contributed by atoms with E-state index in [1.165, 1.54) is 4.90 Å². The normalized spacial score (nSPS) is 10.5. The minimum absolute atomic E-state index is 0.805. The summed E-state index contributed by atoms with van der Waals surface area (Å²) >= 11 is 3.28. The third kappa shape index (κ3) is 2.16. The van der Waals surface area contributed by atoms with Crippen molar-refractivity contribution in [2.75, 3.05) is 12.0 Å². The molecule has 0 amide bonds. The number of nitrogen functional groups attached to an aromatic ring is 1. The Balaban J connectivity index is 2.37. The highest BCUT2D eigenvalue weighted by Crippen LogP contribution is 2.30. The number of benzene rings is 1. The molecular weight excluding hydrogens is 224 g/mol. The van der Waals surface area contributed by atoms with Crippen LogP contribution in [0.1, 0.15) is 5.69 Å². The summed E-state index contributed by atoms with van der Waals surface area (Å²) < 4.78 is 0. The van der Waals surface area contributed by atoms with Crippen molar-refractivity contribution >= 4 is 28.1 Å². The molecule has 2 N–H and O–H groups in total. The van der Waals surface area contributed by atoms with Gasteiger partial charge in [0, 0.05) is 10.5 Å². The average molecular weight is 236 g/mol. The fourth-order valence-corrected chi connectivity index (χ4v) is 2.51. The summed E-state index contributed by atoms with van der Waals surface area (Å²) in [6.07, 6.45) is 2.07. The predicted octanol–water partition coefficient (Wildman–Crippen LogP) is 3.42. The van der Waals surface area contributed by atoms with Gasteiger partial charge in [0.2, 0.25) is 0 Å². The second-order valence-electron chi connectivity index (χ2n) is 3.20. The van der Waals surface area contributed by atoms with Crippen molar-refractivity contribution in [1.29, 1.82) is 0 Å². The first kappa shape index (κ1) is 10.5. The van der Waals surface area contributed by atoms with E-state index >= 15 is 0 Å².